The minimum absolute atomic E-state index is 0.0151. The zero-order valence-electron chi connectivity index (χ0n) is 19.3. The lowest BCUT2D eigenvalue weighted by molar-refractivity contribution is -0.159. The number of hydrogen-bond donors (Lipinski definition) is 2. The quantitative estimate of drug-likeness (QED) is 0.254. The summed E-state index contributed by atoms with van der Waals surface area (Å²) in [5, 5.41) is 14.8. The van der Waals surface area contributed by atoms with Crippen LogP contribution in [0.2, 0.25) is 0 Å². The second kappa shape index (κ2) is 9.68. The van der Waals surface area contributed by atoms with E-state index >= 15 is 0 Å². The number of carbonyl (C=O) groups is 2. The van der Waals surface area contributed by atoms with Crippen LogP contribution in [0.15, 0.2) is 18.2 Å². The Hall–Kier alpha value is -3.21. The van der Waals surface area contributed by atoms with E-state index in [-0.39, 0.29) is 11.2 Å². The van der Waals surface area contributed by atoms with E-state index in [0.717, 1.165) is 44.2 Å². The topological polar surface area (TPSA) is 87.1 Å². The summed E-state index contributed by atoms with van der Waals surface area (Å²) in [5.41, 5.74) is 2.27. The van der Waals surface area contributed by atoms with Crippen LogP contribution in [-0.4, -0.2) is 46.7 Å². The number of likely N-dealkylation sites (tertiary alicyclic amines) is 1. The first-order chi connectivity index (χ1) is 17.0. The van der Waals surface area contributed by atoms with E-state index in [2.05, 4.69) is 11.9 Å². The number of ether oxygens (including phenoxy) is 1. The number of aliphatic carboxylic acids is 2. The maximum absolute atomic E-state index is 14.1. The van der Waals surface area contributed by atoms with Crippen molar-refractivity contribution in [3.05, 3.63) is 58.4 Å². The molecule has 2 bridgehead atoms. The fraction of sp³-hybridized carbons (Fsp3) is 0.440. The van der Waals surface area contributed by atoms with Gasteiger partial charge in [-0.1, -0.05) is 18.9 Å². The van der Waals surface area contributed by atoms with Gasteiger partial charge in [0.2, 0.25) is 34.8 Å². The van der Waals surface area contributed by atoms with Gasteiger partial charge in [-0.15, -0.1) is 0 Å². The van der Waals surface area contributed by atoms with E-state index < -0.39 is 46.8 Å². The maximum atomic E-state index is 14.1. The van der Waals surface area contributed by atoms with Crippen LogP contribution in [0.4, 0.5) is 22.0 Å². The van der Waals surface area contributed by atoms with Crippen molar-refractivity contribution >= 4 is 11.9 Å². The third kappa shape index (κ3) is 4.29. The smallest absolute Gasteiger partial charge is 0.414 e. The number of rotatable bonds is 2. The average molecular weight is 513 g/mol. The number of benzene rings is 2. The molecule has 2 fully saturated rings. The Bertz CT molecular complexity index is 1180. The van der Waals surface area contributed by atoms with Crippen molar-refractivity contribution in [2.75, 3.05) is 13.6 Å². The van der Waals surface area contributed by atoms with E-state index in [1.807, 2.05) is 6.07 Å². The van der Waals surface area contributed by atoms with E-state index in [1.165, 1.54) is 12.0 Å². The number of hydrogen-bond acceptors (Lipinski definition) is 4. The Kier molecular flexibility index (Phi) is 6.96. The lowest BCUT2D eigenvalue weighted by Gasteiger charge is -2.58. The van der Waals surface area contributed by atoms with E-state index in [4.69, 9.17) is 24.5 Å². The second-order valence-corrected chi connectivity index (χ2v) is 9.44. The molecule has 1 saturated carbocycles. The third-order valence-electron chi connectivity index (χ3n) is 7.66. The van der Waals surface area contributed by atoms with Gasteiger partial charge >= 0.3 is 11.9 Å². The molecular weight excluding hydrogens is 489 g/mol. The summed E-state index contributed by atoms with van der Waals surface area (Å²) in [6.07, 6.45) is 6.37. The molecule has 11 heteroatoms. The molecule has 1 aliphatic heterocycles. The van der Waals surface area contributed by atoms with Crippen LogP contribution in [0.3, 0.4) is 0 Å². The highest BCUT2D eigenvalue weighted by molar-refractivity contribution is 6.27. The Morgan fingerprint density at radius 3 is 2.17 bits per heavy atom. The summed E-state index contributed by atoms with van der Waals surface area (Å²) in [7, 11) is 2.16. The molecule has 2 aliphatic carbocycles. The zero-order chi connectivity index (χ0) is 26.4. The van der Waals surface area contributed by atoms with Gasteiger partial charge in [0, 0.05) is 11.5 Å². The van der Waals surface area contributed by atoms with E-state index in [1.54, 1.807) is 12.1 Å². The summed E-state index contributed by atoms with van der Waals surface area (Å²) in [6.45, 7) is 0.976. The summed E-state index contributed by atoms with van der Waals surface area (Å²) < 4.78 is 73.9. The normalized spacial score (nSPS) is 24.6. The average Bonchev–Trinajstić information content (AvgIpc) is 2.87. The predicted octanol–water partition coefficient (Wildman–Crippen LogP) is 5.02. The first-order valence-corrected chi connectivity index (χ1v) is 11.5. The van der Waals surface area contributed by atoms with Crippen LogP contribution < -0.4 is 4.74 Å². The van der Waals surface area contributed by atoms with Gasteiger partial charge in [-0.2, -0.15) is 8.78 Å². The molecule has 0 aromatic heterocycles. The van der Waals surface area contributed by atoms with Gasteiger partial charge < -0.3 is 19.8 Å². The van der Waals surface area contributed by atoms with Crippen LogP contribution in [0.25, 0.3) is 0 Å². The summed E-state index contributed by atoms with van der Waals surface area (Å²) in [5.74, 6) is -14.4. The minimum atomic E-state index is -2.19. The monoisotopic (exact) mass is 513 g/mol. The molecule has 5 rings (SSSR count). The molecule has 1 heterocycles. The fourth-order valence-corrected chi connectivity index (χ4v) is 6.03. The van der Waals surface area contributed by atoms with Gasteiger partial charge in [-0.3, -0.25) is 0 Å². The van der Waals surface area contributed by atoms with Crippen molar-refractivity contribution in [3.8, 4) is 11.5 Å². The number of piperidine rings is 1. The number of halogens is 5. The molecule has 2 N–H and O–H groups in total. The Labute approximate surface area is 203 Å². The zero-order valence-corrected chi connectivity index (χ0v) is 19.3. The van der Waals surface area contributed by atoms with Gasteiger partial charge in [0.15, 0.2) is 0 Å². The van der Waals surface area contributed by atoms with E-state index in [0.29, 0.717) is 12.0 Å². The summed E-state index contributed by atoms with van der Waals surface area (Å²) >= 11 is 0. The highest BCUT2D eigenvalue weighted by Gasteiger charge is 2.53. The molecule has 194 valence electrons. The largest absolute Gasteiger partial charge is 0.473 e. The van der Waals surface area contributed by atoms with Gasteiger partial charge in [-0.05, 0) is 68.5 Å². The van der Waals surface area contributed by atoms with E-state index in [9.17, 15) is 22.0 Å². The van der Waals surface area contributed by atoms with Crippen molar-refractivity contribution in [2.45, 2.75) is 50.0 Å². The van der Waals surface area contributed by atoms with Crippen LogP contribution in [0.5, 0.6) is 11.5 Å². The molecule has 0 unspecified atom stereocenters. The van der Waals surface area contributed by atoms with Gasteiger partial charge in [0.25, 0.3) is 0 Å². The fourth-order valence-electron chi connectivity index (χ4n) is 6.03. The lowest BCUT2D eigenvalue weighted by atomic mass is 9.52. The second-order valence-electron chi connectivity index (χ2n) is 9.44. The number of likely N-dealkylation sites (N-methyl/N-ethyl adjacent to an activating group) is 1. The summed E-state index contributed by atoms with van der Waals surface area (Å²) in [6, 6.07) is 5.64. The first-order valence-electron chi connectivity index (χ1n) is 11.5. The molecule has 1 saturated heterocycles. The number of fused-ring (bicyclic) bond motifs is 1. The highest BCUT2D eigenvalue weighted by Crippen LogP contribution is 2.56. The standard InChI is InChI=1S/C23H22F5NO.C2H2O4/c1-29-9-8-23-7-3-2-4-14(23)16(29)10-12-5-6-13(11-15(12)23)30-22-20(27)18(25)17(24)19(26)21(22)28;3-1(4)2(5)6/h5-6,11,14,16H,2-4,7-10H2,1H3;(H,3,4)(H,5,6)/t14-,16+,23+;/m0./s1. The van der Waals surface area contributed by atoms with Crippen LogP contribution in [-0.2, 0) is 21.4 Å². The Balaban J connectivity index is 0.000000455. The Morgan fingerprint density at radius 1 is 0.944 bits per heavy atom. The van der Waals surface area contributed by atoms with Crippen LogP contribution >= 0.6 is 0 Å². The van der Waals surface area contributed by atoms with Gasteiger partial charge in [0.05, 0.1) is 0 Å². The van der Waals surface area contributed by atoms with Crippen molar-refractivity contribution < 1.29 is 46.5 Å². The SMILES string of the molecule is CN1CC[C@]23CCCC[C@H]2[C@H]1Cc1ccc(Oc2c(F)c(F)c(F)c(F)c2F)cc13.O=C(O)C(=O)O. The molecule has 0 spiro atoms. The van der Waals surface area contributed by atoms with Crippen LogP contribution in [0, 0.1) is 35.0 Å². The van der Waals surface area contributed by atoms with Crippen LogP contribution in [0.1, 0.15) is 43.2 Å². The third-order valence-corrected chi connectivity index (χ3v) is 7.66. The summed E-state index contributed by atoms with van der Waals surface area (Å²) in [4.78, 5) is 20.6. The highest BCUT2D eigenvalue weighted by atomic mass is 19.2. The minimum Gasteiger partial charge on any atom is -0.473 e. The molecule has 2 aromatic carbocycles. The van der Waals surface area contributed by atoms with Crippen molar-refractivity contribution in [1.29, 1.82) is 0 Å². The molecule has 6 nitrogen and oxygen atoms in total. The molecule has 3 aliphatic rings. The maximum Gasteiger partial charge on any atom is 0.414 e. The first kappa shape index (κ1) is 25.9. The number of carboxylic acid groups (broad SMARTS) is 2. The van der Waals surface area contributed by atoms with Crippen molar-refractivity contribution in [1.82, 2.24) is 4.90 Å². The lowest BCUT2D eigenvalue weighted by Crippen LogP contribution is -2.59. The van der Waals surface area contributed by atoms with Crippen molar-refractivity contribution in [2.24, 2.45) is 5.92 Å². The number of carboxylic acids is 2. The van der Waals surface area contributed by atoms with Gasteiger partial charge in [0.1, 0.15) is 5.75 Å². The van der Waals surface area contributed by atoms with Crippen molar-refractivity contribution in [3.63, 3.8) is 0 Å². The predicted molar refractivity (Wildman–Crippen MR) is 116 cm³/mol. The molecule has 36 heavy (non-hydrogen) atoms. The molecule has 0 amide bonds. The Morgan fingerprint density at radius 2 is 1.56 bits per heavy atom. The molecule has 3 atom stereocenters. The van der Waals surface area contributed by atoms with Gasteiger partial charge in [-0.25, -0.2) is 22.8 Å². The number of nitrogens with zero attached hydrogens (tertiary/aromatic N) is 1. The molecular formula is C25H24F5NO5. The molecule has 2 aromatic rings. The molecule has 0 radical (unpaired) electrons.